The predicted octanol–water partition coefficient (Wildman–Crippen LogP) is -8.48. The van der Waals surface area contributed by atoms with E-state index in [-0.39, 0.29) is 89.6 Å². The van der Waals surface area contributed by atoms with E-state index in [4.69, 9.17) is 0 Å². The SMILES string of the molecule is O=C(CCCCC1SC[C@@H]2NC(=O)N[C@H]12)NCCCCCC(=O)NCC(NS(=O)(=O)[O-])C(O)CC(O)COS(=O)(=O)[O-].[Na+].[Na+]. The second-order valence-electron chi connectivity index (χ2n) is 10.2. The summed E-state index contributed by atoms with van der Waals surface area (Å²) in [7, 11) is -10.2. The number of fused-ring (bicyclic) bond motifs is 1. The van der Waals surface area contributed by atoms with E-state index >= 15 is 0 Å². The van der Waals surface area contributed by atoms with E-state index in [1.807, 2.05) is 11.8 Å². The number of nitrogens with one attached hydrogen (secondary N) is 5. The number of hydrogen-bond donors (Lipinski definition) is 7. The number of aliphatic hydroxyl groups excluding tert-OH is 2. The van der Waals surface area contributed by atoms with Gasteiger partial charge in [-0.1, -0.05) is 12.8 Å². The molecule has 6 atom stereocenters. The van der Waals surface area contributed by atoms with Crippen molar-refractivity contribution < 1.29 is 114 Å². The van der Waals surface area contributed by atoms with Gasteiger partial charge in [0.05, 0.1) is 36.9 Å². The van der Waals surface area contributed by atoms with E-state index in [2.05, 4.69) is 25.5 Å². The Hall–Kier alpha value is 0.220. The number of aliphatic hydroxyl groups is 2. The van der Waals surface area contributed by atoms with E-state index in [0.29, 0.717) is 37.5 Å². The molecule has 244 valence electrons. The number of urea groups is 1. The Labute approximate surface area is 306 Å². The van der Waals surface area contributed by atoms with Gasteiger partial charge in [-0.2, -0.15) is 11.8 Å². The molecule has 0 saturated carbocycles. The average molecular weight is 708 g/mol. The summed E-state index contributed by atoms with van der Waals surface area (Å²) in [6.45, 7) is -1.05. The molecule has 2 saturated heterocycles. The maximum absolute atomic E-state index is 12.1. The number of hydrogen-bond acceptors (Lipinski definition) is 13. The summed E-state index contributed by atoms with van der Waals surface area (Å²) in [6.07, 6.45) is 0.629. The Balaban J connectivity index is 0.00000924. The molecule has 0 aromatic rings. The standard InChI is InChI=1S/C22H41N5O12S3.2Na/c28-14(12-39-42(36,37)38)10-17(29)15(27-41(33,34)35)11-24-20(31)7-2-1-5-9-23-19(30)8-4-3-6-18-21-16(13-40-18)25-22(32)26-21;;/h14-18,21,27-29H,1-13H2,(H,23,30)(H,24,31)(H2,25,26,32)(H,33,34,35)(H,36,37,38);;/q;2*+1/p-2/t14?,15?,16-,17?,18?,21-;;/m0../s1. The number of thioether (sulfide) groups is 1. The van der Waals surface area contributed by atoms with Crippen LogP contribution in [-0.2, 0) is 34.5 Å². The molecule has 22 heteroatoms. The summed E-state index contributed by atoms with van der Waals surface area (Å²) >= 11 is 1.83. The summed E-state index contributed by atoms with van der Waals surface area (Å²) in [4.78, 5) is 35.6. The Kier molecular flexibility index (Phi) is 22.1. The fraction of sp³-hybridized carbons (Fsp3) is 0.864. The van der Waals surface area contributed by atoms with E-state index in [0.717, 1.165) is 25.0 Å². The molecule has 44 heavy (non-hydrogen) atoms. The molecule has 0 aromatic heterocycles. The minimum Gasteiger partial charge on any atom is -0.735 e. The van der Waals surface area contributed by atoms with Gasteiger partial charge in [-0.25, -0.2) is 26.4 Å². The van der Waals surface area contributed by atoms with Crippen LogP contribution in [0, 0.1) is 0 Å². The van der Waals surface area contributed by atoms with Crippen LogP contribution in [0.2, 0.25) is 0 Å². The van der Waals surface area contributed by atoms with Crippen molar-refractivity contribution in [2.75, 3.05) is 25.4 Å². The van der Waals surface area contributed by atoms with Crippen molar-refractivity contribution >= 4 is 50.3 Å². The molecule has 2 rings (SSSR count). The van der Waals surface area contributed by atoms with Crippen LogP contribution in [0.15, 0.2) is 0 Å². The Morgan fingerprint density at radius 1 is 0.977 bits per heavy atom. The molecule has 0 spiro atoms. The molecule has 2 aliphatic rings. The first-order chi connectivity index (χ1) is 19.6. The molecule has 0 radical (unpaired) electrons. The first-order valence-electron chi connectivity index (χ1n) is 13.5. The summed E-state index contributed by atoms with van der Waals surface area (Å²) in [5.41, 5.74) is 0. The molecule has 2 aliphatic heterocycles. The monoisotopic (exact) mass is 707 g/mol. The third kappa shape index (κ3) is 19.1. The molecule has 0 aromatic carbocycles. The average Bonchev–Trinajstić information content (AvgIpc) is 3.43. The maximum Gasteiger partial charge on any atom is 1.00 e. The summed E-state index contributed by atoms with van der Waals surface area (Å²) in [5.74, 6) is 0.339. The predicted molar refractivity (Wildman–Crippen MR) is 147 cm³/mol. The third-order valence-corrected chi connectivity index (χ3v) is 9.21. The Bertz CT molecular complexity index is 1120. The van der Waals surface area contributed by atoms with Gasteiger partial charge in [0.15, 0.2) is 10.3 Å². The van der Waals surface area contributed by atoms with E-state index < -0.39 is 64.4 Å². The molecule has 7 N–H and O–H groups in total. The summed E-state index contributed by atoms with van der Waals surface area (Å²) in [6, 6.07) is -1.33. The zero-order chi connectivity index (χ0) is 31.3. The topological polar surface area (TPSA) is 275 Å². The van der Waals surface area contributed by atoms with E-state index in [9.17, 15) is 50.5 Å². The summed E-state index contributed by atoms with van der Waals surface area (Å²) < 4.78 is 70.1. The number of carbonyl (C=O) groups excluding carboxylic acids is 3. The number of carbonyl (C=O) groups is 3. The van der Waals surface area contributed by atoms with Crippen molar-refractivity contribution in [3.63, 3.8) is 0 Å². The van der Waals surface area contributed by atoms with Crippen molar-refractivity contribution in [3.8, 4) is 0 Å². The van der Waals surface area contributed by atoms with Gasteiger partial charge in [-0.05, 0) is 25.7 Å². The van der Waals surface area contributed by atoms with Gasteiger partial charge < -0.3 is 40.6 Å². The van der Waals surface area contributed by atoms with Crippen molar-refractivity contribution in [1.29, 1.82) is 0 Å². The molecule has 4 unspecified atom stereocenters. The first kappa shape index (κ1) is 44.2. The van der Waals surface area contributed by atoms with E-state index in [1.54, 1.807) is 4.72 Å². The minimum atomic E-state index is -5.10. The smallest absolute Gasteiger partial charge is 0.735 e. The fourth-order valence-corrected chi connectivity index (χ4v) is 7.08. The van der Waals surface area contributed by atoms with Crippen molar-refractivity contribution in [2.24, 2.45) is 0 Å². The van der Waals surface area contributed by atoms with Crippen LogP contribution < -0.4 is 85.1 Å². The molecule has 2 fully saturated rings. The van der Waals surface area contributed by atoms with Gasteiger partial charge in [0, 0.05) is 43.4 Å². The van der Waals surface area contributed by atoms with Crippen LogP contribution in [-0.4, -0.2) is 115 Å². The van der Waals surface area contributed by atoms with Crippen molar-refractivity contribution in [2.45, 2.75) is 93.4 Å². The quantitative estimate of drug-likeness (QED) is 0.0192. The molecular formula is C22H39N5Na2O12S3. The van der Waals surface area contributed by atoms with Gasteiger partial charge >= 0.3 is 65.1 Å². The normalized spacial score (nSPS) is 21.5. The van der Waals surface area contributed by atoms with Crippen molar-refractivity contribution in [3.05, 3.63) is 0 Å². The van der Waals surface area contributed by atoms with Gasteiger partial charge in [0.25, 0.3) is 0 Å². The minimum absolute atomic E-state index is 0. The molecule has 0 bridgehead atoms. The zero-order valence-electron chi connectivity index (χ0n) is 24.9. The Morgan fingerprint density at radius 3 is 2.25 bits per heavy atom. The van der Waals surface area contributed by atoms with Crippen LogP contribution in [0.4, 0.5) is 4.79 Å². The van der Waals surface area contributed by atoms with E-state index in [1.165, 1.54) is 0 Å². The number of amides is 4. The maximum atomic E-state index is 12.1. The number of rotatable bonds is 21. The molecule has 4 amide bonds. The molecule has 17 nitrogen and oxygen atoms in total. The second kappa shape index (κ2) is 22.0. The van der Waals surface area contributed by atoms with Gasteiger partial charge in [0.1, 0.15) is 0 Å². The molecule has 2 heterocycles. The molecule has 0 aliphatic carbocycles. The second-order valence-corrected chi connectivity index (χ2v) is 13.6. The van der Waals surface area contributed by atoms with Crippen LogP contribution in [0.3, 0.4) is 0 Å². The van der Waals surface area contributed by atoms with Gasteiger partial charge in [-0.15, -0.1) is 0 Å². The van der Waals surface area contributed by atoms with Crippen LogP contribution in [0.25, 0.3) is 0 Å². The summed E-state index contributed by atoms with van der Waals surface area (Å²) in [5, 5.41) is 31.2. The van der Waals surface area contributed by atoms with Crippen LogP contribution in [0.1, 0.15) is 57.8 Å². The first-order valence-corrected chi connectivity index (χ1v) is 17.3. The van der Waals surface area contributed by atoms with Gasteiger partial charge in [-0.3, -0.25) is 13.8 Å². The fourth-order valence-electron chi connectivity index (χ4n) is 4.60. The Morgan fingerprint density at radius 2 is 1.61 bits per heavy atom. The van der Waals surface area contributed by atoms with Gasteiger partial charge in [0.2, 0.25) is 22.2 Å². The van der Waals surface area contributed by atoms with Crippen molar-refractivity contribution in [1.82, 2.24) is 26.0 Å². The largest absolute Gasteiger partial charge is 1.00 e. The zero-order valence-corrected chi connectivity index (χ0v) is 31.3. The van der Waals surface area contributed by atoms with Crippen LogP contribution in [0.5, 0.6) is 0 Å². The number of unbranched alkanes of at least 4 members (excludes halogenated alkanes) is 3. The molecular weight excluding hydrogens is 668 g/mol. The van der Waals surface area contributed by atoms with Crippen LogP contribution >= 0.6 is 11.8 Å². The third-order valence-electron chi connectivity index (χ3n) is 6.68.